The van der Waals surface area contributed by atoms with Crippen molar-refractivity contribution in [3.63, 3.8) is 0 Å². The Hall–Kier alpha value is -5.56. The first-order chi connectivity index (χ1) is 22.0. The number of ether oxygens (including phenoxy) is 3. The Bertz CT molecular complexity index is 1670. The molecule has 228 valence electrons. The summed E-state index contributed by atoms with van der Waals surface area (Å²) in [4.78, 5) is 26.6. The number of aliphatic carboxylic acids is 1. The van der Waals surface area contributed by atoms with Crippen LogP contribution < -0.4 is 14.2 Å². The highest BCUT2D eigenvalue weighted by atomic mass is 16.5. The summed E-state index contributed by atoms with van der Waals surface area (Å²) in [5.74, 6) is 0.733. The molecule has 0 saturated heterocycles. The molecular formula is C38H35NO6. The molecule has 45 heavy (non-hydrogen) atoms. The van der Waals surface area contributed by atoms with Crippen LogP contribution in [0.5, 0.6) is 17.2 Å². The molecule has 0 fully saturated rings. The van der Waals surface area contributed by atoms with Gasteiger partial charge in [0.25, 0.3) is 5.91 Å². The molecule has 1 N–H and O–H groups in total. The van der Waals surface area contributed by atoms with Crippen molar-refractivity contribution in [3.05, 3.63) is 161 Å². The van der Waals surface area contributed by atoms with E-state index in [1.165, 1.54) is 4.90 Å². The molecule has 1 amide bonds. The highest BCUT2D eigenvalue weighted by Gasteiger charge is 2.18. The molecular weight excluding hydrogens is 566 g/mol. The molecule has 0 aromatic heterocycles. The first-order valence-corrected chi connectivity index (χ1v) is 14.8. The van der Waals surface area contributed by atoms with Crippen LogP contribution >= 0.6 is 0 Å². The molecule has 0 atom stereocenters. The number of hydrogen-bond donors (Lipinski definition) is 1. The van der Waals surface area contributed by atoms with Crippen LogP contribution in [0.4, 0.5) is 0 Å². The van der Waals surface area contributed by atoms with Gasteiger partial charge in [-0.2, -0.15) is 0 Å². The smallest absolute Gasteiger partial charge is 0.305 e. The quantitative estimate of drug-likeness (QED) is 0.133. The second-order valence-corrected chi connectivity index (χ2v) is 10.5. The van der Waals surface area contributed by atoms with Gasteiger partial charge in [-0.3, -0.25) is 9.59 Å². The maximum absolute atomic E-state index is 13.6. The lowest BCUT2D eigenvalue weighted by Crippen LogP contribution is -2.32. The molecule has 0 spiro atoms. The van der Waals surface area contributed by atoms with Crippen LogP contribution in [0.1, 0.15) is 39.0 Å². The zero-order chi connectivity index (χ0) is 31.3. The van der Waals surface area contributed by atoms with E-state index in [2.05, 4.69) is 0 Å². The summed E-state index contributed by atoms with van der Waals surface area (Å²) < 4.78 is 17.8. The first kappa shape index (κ1) is 30.9. The molecule has 5 aromatic carbocycles. The maximum atomic E-state index is 13.6. The number of amides is 1. The van der Waals surface area contributed by atoms with E-state index in [4.69, 9.17) is 14.2 Å². The number of carbonyl (C=O) groups is 2. The van der Waals surface area contributed by atoms with E-state index in [1.807, 2.05) is 109 Å². The summed E-state index contributed by atoms with van der Waals surface area (Å²) >= 11 is 0. The Morgan fingerprint density at radius 1 is 0.533 bits per heavy atom. The second-order valence-electron chi connectivity index (χ2n) is 10.5. The van der Waals surface area contributed by atoms with Crippen molar-refractivity contribution < 1.29 is 28.9 Å². The fourth-order valence-electron chi connectivity index (χ4n) is 4.67. The van der Waals surface area contributed by atoms with Gasteiger partial charge in [0.05, 0.1) is 6.42 Å². The van der Waals surface area contributed by atoms with Crippen molar-refractivity contribution in [2.75, 3.05) is 6.54 Å². The van der Waals surface area contributed by atoms with Gasteiger partial charge in [-0.25, -0.2) is 0 Å². The van der Waals surface area contributed by atoms with Gasteiger partial charge in [0, 0.05) is 18.7 Å². The lowest BCUT2D eigenvalue weighted by Gasteiger charge is -2.23. The van der Waals surface area contributed by atoms with Crippen molar-refractivity contribution in [3.8, 4) is 17.2 Å². The molecule has 5 aromatic rings. The molecule has 0 aliphatic carbocycles. The van der Waals surface area contributed by atoms with Gasteiger partial charge in [0.15, 0.2) is 0 Å². The number of carbonyl (C=O) groups excluding carboxylic acids is 1. The van der Waals surface area contributed by atoms with Crippen molar-refractivity contribution >= 4 is 11.9 Å². The zero-order valence-corrected chi connectivity index (χ0v) is 24.9. The van der Waals surface area contributed by atoms with Crippen LogP contribution in [0.25, 0.3) is 0 Å². The molecule has 7 heteroatoms. The number of carboxylic acids is 1. The Labute approximate surface area is 263 Å². The van der Waals surface area contributed by atoms with E-state index in [0.29, 0.717) is 36.9 Å². The van der Waals surface area contributed by atoms with Crippen LogP contribution in [-0.2, 0) is 31.2 Å². The first-order valence-electron chi connectivity index (χ1n) is 14.8. The van der Waals surface area contributed by atoms with E-state index in [-0.39, 0.29) is 25.4 Å². The second kappa shape index (κ2) is 15.8. The zero-order valence-electron chi connectivity index (χ0n) is 24.9. The molecule has 0 unspecified atom stereocenters. The summed E-state index contributed by atoms with van der Waals surface area (Å²) in [6.45, 7) is 1.53. The summed E-state index contributed by atoms with van der Waals surface area (Å²) in [7, 11) is 0. The molecule has 0 bridgehead atoms. The molecule has 0 aliphatic rings. The Balaban J connectivity index is 1.20. The van der Waals surface area contributed by atoms with E-state index in [0.717, 1.165) is 28.0 Å². The minimum atomic E-state index is -0.971. The van der Waals surface area contributed by atoms with Crippen LogP contribution in [0, 0.1) is 0 Å². The lowest BCUT2D eigenvalue weighted by molar-refractivity contribution is -0.137. The maximum Gasteiger partial charge on any atom is 0.305 e. The minimum Gasteiger partial charge on any atom is -0.489 e. The van der Waals surface area contributed by atoms with E-state index >= 15 is 0 Å². The van der Waals surface area contributed by atoms with E-state index in [1.54, 1.807) is 24.3 Å². The summed E-state index contributed by atoms with van der Waals surface area (Å²) in [5.41, 5.74) is 4.36. The Morgan fingerprint density at radius 3 is 1.64 bits per heavy atom. The highest BCUT2D eigenvalue weighted by Crippen LogP contribution is 2.21. The van der Waals surface area contributed by atoms with Crippen LogP contribution in [0.3, 0.4) is 0 Å². The number of benzene rings is 5. The van der Waals surface area contributed by atoms with Gasteiger partial charge < -0.3 is 24.2 Å². The van der Waals surface area contributed by atoms with Crippen molar-refractivity contribution in [2.24, 2.45) is 0 Å². The third-order valence-corrected chi connectivity index (χ3v) is 7.06. The third kappa shape index (κ3) is 9.73. The summed E-state index contributed by atoms with van der Waals surface area (Å²) in [5, 5.41) is 9.34. The Kier molecular flexibility index (Phi) is 10.8. The minimum absolute atomic E-state index is 0.0625. The van der Waals surface area contributed by atoms with Gasteiger partial charge in [0.2, 0.25) is 0 Å². The van der Waals surface area contributed by atoms with Crippen LogP contribution in [0.15, 0.2) is 133 Å². The fourth-order valence-corrected chi connectivity index (χ4v) is 4.67. The van der Waals surface area contributed by atoms with Crippen molar-refractivity contribution in [2.45, 2.75) is 32.8 Å². The monoisotopic (exact) mass is 601 g/mol. The summed E-state index contributed by atoms with van der Waals surface area (Å²) in [6, 6.07) is 42.0. The number of hydrogen-bond acceptors (Lipinski definition) is 5. The standard InChI is InChI=1S/C38H35NO6/c40-37(41)21-22-39(25-32-13-7-15-35(23-32)44-27-30-11-5-2-6-12-30)38(42)33-14-8-16-36(24-33)45-28-31-17-19-34(20-18-31)43-26-29-9-3-1-4-10-29/h1-20,23-24H,21-22,25-28H2,(H,40,41). The fraction of sp³-hybridized carbons (Fsp3) is 0.158. The number of nitrogens with zero attached hydrogens (tertiary/aromatic N) is 1. The van der Waals surface area contributed by atoms with Crippen LogP contribution in [0.2, 0.25) is 0 Å². The predicted molar refractivity (Wildman–Crippen MR) is 172 cm³/mol. The third-order valence-electron chi connectivity index (χ3n) is 7.06. The van der Waals surface area contributed by atoms with E-state index < -0.39 is 5.97 Å². The topological polar surface area (TPSA) is 85.3 Å². The highest BCUT2D eigenvalue weighted by molar-refractivity contribution is 5.94. The Morgan fingerprint density at radius 2 is 1.04 bits per heavy atom. The van der Waals surface area contributed by atoms with E-state index in [9.17, 15) is 14.7 Å². The van der Waals surface area contributed by atoms with Gasteiger partial charge in [0.1, 0.15) is 37.1 Å². The van der Waals surface area contributed by atoms with Gasteiger partial charge in [-0.05, 0) is 64.7 Å². The molecule has 0 radical (unpaired) electrons. The van der Waals surface area contributed by atoms with Gasteiger partial charge in [-0.1, -0.05) is 91.0 Å². The predicted octanol–water partition coefficient (Wildman–Crippen LogP) is 7.54. The SMILES string of the molecule is O=C(O)CCN(Cc1cccc(OCc2ccccc2)c1)C(=O)c1cccc(OCc2ccc(OCc3ccccc3)cc2)c1. The van der Waals surface area contributed by atoms with Crippen LogP contribution in [-0.4, -0.2) is 28.4 Å². The largest absolute Gasteiger partial charge is 0.489 e. The van der Waals surface area contributed by atoms with Crippen molar-refractivity contribution in [1.29, 1.82) is 0 Å². The molecule has 5 rings (SSSR count). The van der Waals surface area contributed by atoms with Crippen molar-refractivity contribution in [1.82, 2.24) is 4.90 Å². The molecule has 0 aliphatic heterocycles. The average Bonchev–Trinajstić information content (AvgIpc) is 3.08. The lowest BCUT2D eigenvalue weighted by atomic mass is 10.1. The number of carboxylic acid groups (broad SMARTS) is 1. The summed E-state index contributed by atoms with van der Waals surface area (Å²) in [6.07, 6.45) is -0.169. The average molecular weight is 602 g/mol. The molecule has 0 heterocycles. The number of rotatable bonds is 15. The molecule has 7 nitrogen and oxygen atoms in total. The normalized spacial score (nSPS) is 10.6. The van der Waals surface area contributed by atoms with Gasteiger partial charge in [-0.15, -0.1) is 0 Å². The van der Waals surface area contributed by atoms with Gasteiger partial charge >= 0.3 is 5.97 Å². The molecule has 0 saturated carbocycles.